The Morgan fingerprint density at radius 3 is 2.55 bits per heavy atom. The highest BCUT2D eigenvalue weighted by Crippen LogP contribution is 2.27. The monoisotopic (exact) mass is 355 g/mol. The van der Waals surface area contributed by atoms with E-state index in [9.17, 15) is 0 Å². The van der Waals surface area contributed by atoms with E-state index in [0.717, 1.165) is 21.6 Å². The molecule has 1 unspecified atom stereocenters. The third-order valence-corrected chi connectivity index (χ3v) is 4.72. The molecule has 5 heteroatoms. The molecular formula is C15H19BrClN3. The molecule has 1 atom stereocenters. The van der Waals surface area contributed by atoms with Gasteiger partial charge in [-0.15, -0.1) is 0 Å². The van der Waals surface area contributed by atoms with Crippen molar-refractivity contribution < 1.29 is 0 Å². The molecule has 108 valence electrons. The number of benzene rings is 1. The van der Waals surface area contributed by atoms with E-state index in [1.807, 2.05) is 37.8 Å². The Kier molecular flexibility index (Phi) is 4.89. The summed E-state index contributed by atoms with van der Waals surface area (Å²) >= 11 is 9.79. The van der Waals surface area contributed by atoms with Crippen LogP contribution in [0.2, 0.25) is 5.02 Å². The maximum atomic E-state index is 6.17. The molecule has 3 nitrogen and oxygen atoms in total. The van der Waals surface area contributed by atoms with E-state index in [1.54, 1.807) is 0 Å². The minimum Gasteiger partial charge on any atom is -0.313 e. The van der Waals surface area contributed by atoms with E-state index in [2.05, 4.69) is 39.3 Å². The SMILES string of the molecule is CNC(Cc1c(Br)c(C)nn1C)c1cc(C)cc(Cl)c1. The maximum Gasteiger partial charge on any atom is 0.0738 e. The molecule has 2 aromatic rings. The molecular weight excluding hydrogens is 338 g/mol. The van der Waals surface area contributed by atoms with Crippen LogP contribution in [-0.4, -0.2) is 16.8 Å². The van der Waals surface area contributed by atoms with Crippen LogP contribution in [0.25, 0.3) is 0 Å². The van der Waals surface area contributed by atoms with Crippen molar-refractivity contribution in [1.82, 2.24) is 15.1 Å². The van der Waals surface area contributed by atoms with Gasteiger partial charge in [0.05, 0.1) is 15.9 Å². The van der Waals surface area contributed by atoms with Gasteiger partial charge in [-0.25, -0.2) is 0 Å². The van der Waals surface area contributed by atoms with Crippen molar-refractivity contribution in [3.8, 4) is 0 Å². The quantitative estimate of drug-likeness (QED) is 0.899. The maximum absolute atomic E-state index is 6.17. The number of hydrogen-bond acceptors (Lipinski definition) is 2. The Morgan fingerprint density at radius 2 is 2.05 bits per heavy atom. The second kappa shape index (κ2) is 6.29. The first-order valence-corrected chi connectivity index (χ1v) is 7.71. The fourth-order valence-corrected chi connectivity index (χ4v) is 3.24. The number of halogens is 2. The minimum atomic E-state index is 0.207. The molecule has 1 aromatic carbocycles. The van der Waals surface area contributed by atoms with Gasteiger partial charge in [-0.3, -0.25) is 4.68 Å². The number of nitrogens with zero attached hydrogens (tertiary/aromatic N) is 2. The average Bonchev–Trinajstić information content (AvgIpc) is 2.60. The third kappa shape index (κ3) is 3.25. The summed E-state index contributed by atoms with van der Waals surface area (Å²) in [5.41, 5.74) is 4.57. The van der Waals surface area contributed by atoms with Gasteiger partial charge >= 0.3 is 0 Å². The molecule has 0 spiro atoms. The van der Waals surface area contributed by atoms with Gasteiger partial charge < -0.3 is 5.32 Å². The third-order valence-electron chi connectivity index (χ3n) is 3.47. The Hall–Kier alpha value is -0.840. The number of aromatic nitrogens is 2. The normalized spacial score (nSPS) is 12.7. The molecule has 1 heterocycles. The molecule has 0 saturated carbocycles. The van der Waals surface area contributed by atoms with Crippen LogP contribution in [0.15, 0.2) is 22.7 Å². The van der Waals surface area contributed by atoms with Gasteiger partial charge in [0.15, 0.2) is 0 Å². The second-order valence-corrected chi connectivity index (χ2v) is 6.31. The molecule has 0 amide bonds. The molecule has 20 heavy (non-hydrogen) atoms. The van der Waals surface area contributed by atoms with Crippen LogP contribution in [-0.2, 0) is 13.5 Å². The lowest BCUT2D eigenvalue weighted by atomic mass is 10.00. The second-order valence-electron chi connectivity index (χ2n) is 5.08. The summed E-state index contributed by atoms with van der Waals surface area (Å²) in [5, 5.41) is 8.59. The van der Waals surface area contributed by atoms with Gasteiger partial charge in [-0.2, -0.15) is 5.10 Å². The molecule has 0 saturated heterocycles. The van der Waals surface area contributed by atoms with E-state index in [1.165, 1.54) is 16.8 Å². The van der Waals surface area contributed by atoms with Gasteiger partial charge in [0.1, 0.15) is 0 Å². The van der Waals surface area contributed by atoms with Crippen molar-refractivity contribution >= 4 is 27.5 Å². The molecule has 0 aliphatic rings. The van der Waals surface area contributed by atoms with Crippen molar-refractivity contribution in [1.29, 1.82) is 0 Å². The highest BCUT2D eigenvalue weighted by molar-refractivity contribution is 9.10. The van der Waals surface area contributed by atoms with Crippen molar-refractivity contribution in [3.63, 3.8) is 0 Å². The molecule has 0 aliphatic heterocycles. The Bertz CT molecular complexity index is 602. The summed E-state index contributed by atoms with van der Waals surface area (Å²) in [6.07, 6.45) is 0.855. The Balaban J connectivity index is 2.33. The lowest BCUT2D eigenvalue weighted by Gasteiger charge is -2.18. The van der Waals surface area contributed by atoms with Crippen molar-refractivity contribution in [3.05, 3.63) is 50.2 Å². The van der Waals surface area contributed by atoms with Crippen LogP contribution in [0.3, 0.4) is 0 Å². The lowest BCUT2D eigenvalue weighted by molar-refractivity contribution is 0.560. The number of nitrogens with one attached hydrogen (secondary N) is 1. The van der Waals surface area contributed by atoms with Crippen LogP contribution in [0, 0.1) is 13.8 Å². The predicted molar refractivity (Wildman–Crippen MR) is 87.3 cm³/mol. The first-order chi connectivity index (χ1) is 9.42. The number of aryl methyl sites for hydroxylation is 3. The Morgan fingerprint density at radius 1 is 1.35 bits per heavy atom. The van der Waals surface area contributed by atoms with E-state index >= 15 is 0 Å². The smallest absolute Gasteiger partial charge is 0.0738 e. The molecule has 1 aromatic heterocycles. The summed E-state index contributed by atoms with van der Waals surface area (Å²) in [4.78, 5) is 0. The van der Waals surface area contributed by atoms with Gasteiger partial charge in [-0.1, -0.05) is 17.7 Å². The average molecular weight is 357 g/mol. The first kappa shape index (κ1) is 15.5. The van der Waals surface area contributed by atoms with E-state index in [-0.39, 0.29) is 6.04 Å². The number of hydrogen-bond donors (Lipinski definition) is 1. The lowest BCUT2D eigenvalue weighted by Crippen LogP contribution is -2.20. The molecule has 0 fully saturated rings. The minimum absolute atomic E-state index is 0.207. The van der Waals surface area contributed by atoms with E-state index in [4.69, 9.17) is 11.6 Å². The summed E-state index contributed by atoms with van der Waals surface area (Å²) in [6.45, 7) is 4.07. The Labute approximate surface area is 133 Å². The predicted octanol–water partition coefficient (Wildman–Crippen LogP) is 3.96. The highest BCUT2D eigenvalue weighted by atomic mass is 79.9. The fourth-order valence-electron chi connectivity index (χ4n) is 2.45. The van der Waals surface area contributed by atoms with E-state index < -0.39 is 0 Å². The number of rotatable bonds is 4. The fraction of sp³-hybridized carbons (Fsp3) is 0.400. The summed E-state index contributed by atoms with van der Waals surface area (Å²) in [7, 11) is 3.95. The van der Waals surface area contributed by atoms with Gasteiger partial charge in [0, 0.05) is 24.5 Å². The van der Waals surface area contributed by atoms with E-state index in [0.29, 0.717) is 0 Å². The highest BCUT2D eigenvalue weighted by Gasteiger charge is 2.17. The van der Waals surface area contributed by atoms with Crippen molar-refractivity contribution in [2.45, 2.75) is 26.3 Å². The van der Waals surface area contributed by atoms with Crippen LogP contribution >= 0.6 is 27.5 Å². The molecule has 0 aliphatic carbocycles. The van der Waals surface area contributed by atoms with Crippen molar-refractivity contribution in [2.24, 2.45) is 7.05 Å². The zero-order valence-electron chi connectivity index (χ0n) is 12.2. The van der Waals surface area contributed by atoms with Gasteiger partial charge in [-0.05, 0) is 60.1 Å². The van der Waals surface area contributed by atoms with Crippen LogP contribution in [0.1, 0.15) is 28.6 Å². The summed E-state index contributed by atoms with van der Waals surface area (Å²) in [6, 6.07) is 6.37. The standard InChI is InChI=1S/C15H19BrClN3/c1-9-5-11(7-12(17)6-9)13(18-3)8-14-15(16)10(2)19-20(14)4/h5-7,13,18H,8H2,1-4H3. The molecule has 2 rings (SSSR count). The zero-order valence-corrected chi connectivity index (χ0v) is 14.5. The molecule has 0 radical (unpaired) electrons. The molecule has 0 bridgehead atoms. The zero-order chi connectivity index (χ0) is 14.9. The van der Waals surface area contributed by atoms with Crippen LogP contribution < -0.4 is 5.32 Å². The van der Waals surface area contributed by atoms with Crippen molar-refractivity contribution in [2.75, 3.05) is 7.05 Å². The number of likely N-dealkylation sites (N-methyl/N-ethyl adjacent to an activating group) is 1. The molecule has 1 N–H and O–H groups in total. The van der Waals surface area contributed by atoms with Crippen LogP contribution in [0.5, 0.6) is 0 Å². The topological polar surface area (TPSA) is 29.9 Å². The largest absolute Gasteiger partial charge is 0.313 e. The first-order valence-electron chi connectivity index (χ1n) is 6.54. The van der Waals surface area contributed by atoms with Gasteiger partial charge in [0.2, 0.25) is 0 Å². The van der Waals surface area contributed by atoms with Crippen LogP contribution in [0.4, 0.5) is 0 Å². The summed E-state index contributed by atoms with van der Waals surface area (Å²) in [5.74, 6) is 0. The van der Waals surface area contributed by atoms with Gasteiger partial charge in [0.25, 0.3) is 0 Å². The summed E-state index contributed by atoms with van der Waals surface area (Å²) < 4.78 is 3.01.